The SMILES string of the molecule is CC1C(=O)N(Oc2ccc(F)cc2F)C=C2C=CC(NC3CCOCC3)N=C21. The lowest BCUT2D eigenvalue weighted by atomic mass is 9.92. The quantitative estimate of drug-likeness (QED) is 0.860. The fraction of sp³-hybridized carbons (Fsp3) is 0.400. The van der Waals surface area contributed by atoms with Gasteiger partial charge in [-0.15, -0.1) is 5.06 Å². The van der Waals surface area contributed by atoms with Crippen molar-refractivity contribution in [3.63, 3.8) is 0 Å². The van der Waals surface area contributed by atoms with Crippen LogP contribution in [0.15, 0.2) is 47.1 Å². The number of nitrogens with zero attached hydrogens (tertiary/aromatic N) is 2. The van der Waals surface area contributed by atoms with Crippen LogP contribution >= 0.6 is 0 Å². The highest BCUT2D eigenvalue weighted by atomic mass is 19.1. The summed E-state index contributed by atoms with van der Waals surface area (Å²) in [4.78, 5) is 22.7. The predicted molar refractivity (Wildman–Crippen MR) is 98.4 cm³/mol. The summed E-state index contributed by atoms with van der Waals surface area (Å²) in [5.41, 5.74) is 1.39. The van der Waals surface area contributed by atoms with E-state index in [-0.39, 0.29) is 17.8 Å². The molecule has 3 aliphatic rings. The molecule has 0 radical (unpaired) electrons. The molecule has 0 spiro atoms. The largest absolute Gasteiger partial charge is 0.381 e. The van der Waals surface area contributed by atoms with Crippen LogP contribution in [0.25, 0.3) is 0 Å². The smallest absolute Gasteiger partial charge is 0.268 e. The zero-order chi connectivity index (χ0) is 19.7. The first-order valence-corrected chi connectivity index (χ1v) is 9.29. The van der Waals surface area contributed by atoms with Crippen LogP contribution in [0.3, 0.4) is 0 Å². The van der Waals surface area contributed by atoms with Gasteiger partial charge in [0.25, 0.3) is 5.91 Å². The van der Waals surface area contributed by atoms with Gasteiger partial charge in [0.05, 0.1) is 17.8 Å². The molecule has 0 aromatic heterocycles. The number of amides is 1. The van der Waals surface area contributed by atoms with E-state index in [4.69, 9.17) is 9.57 Å². The first-order chi connectivity index (χ1) is 13.5. The van der Waals surface area contributed by atoms with Crippen LogP contribution in [0.2, 0.25) is 0 Å². The van der Waals surface area contributed by atoms with Gasteiger partial charge in [-0.2, -0.15) is 0 Å². The highest BCUT2D eigenvalue weighted by Gasteiger charge is 2.34. The Kier molecular flexibility index (Phi) is 5.23. The van der Waals surface area contributed by atoms with Gasteiger partial charge >= 0.3 is 0 Å². The standard InChI is InChI=1S/C20H21F2N3O3/c1-12-19-13(2-5-18(24-19)23-15-6-8-27-9-7-15)11-25(20(12)26)28-17-4-3-14(21)10-16(17)22/h2-5,10-12,15,18,23H,6-9H2,1H3. The van der Waals surface area contributed by atoms with Crippen molar-refractivity contribution in [2.75, 3.05) is 13.2 Å². The summed E-state index contributed by atoms with van der Waals surface area (Å²) >= 11 is 0. The number of allylic oxidation sites excluding steroid dienone is 2. The van der Waals surface area contributed by atoms with Crippen molar-refractivity contribution in [2.24, 2.45) is 10.9 Å². The highest BCUT2D eigenvalue weighted by Crippen LogP contribution is 2.27. The van der Waals surface area contributed by atoms with Crippen molar-refractivity contribution in [2.45, 2.75) is 32.0 Å². The molecule has 2 unspecified atom stereocenters. The number of carbonyl (C=O) groups excluding carboxylic acids is 1. The summed E-state index contributed by atoms with van der Waals surface area (Å²) in [6, 6.07) is 3.26. The van der Waals surface area contributed by atoms with Gasteiger partial charge in [0.2, 0.25) is 0 Å². The number of nitrogens with one attached hydrogen (secondary N) is 1. The molecule has 3 aliphatic heterocycles. The minimum absolute atomic E-state index is 0.201. The molecule has 4 rings (SSSR count). The fourth-order valence-electron chi connectivity index (χ4n) is 3.44. The molecule has 0 bridgehead atoms. The summed E-state index contributed by atoms with van der Waals surface area (Å²) < 4.78 is 32.3. The Balaban J connectivity index is 1.51. The summed E-state index contributed by atoms with van der Waals surface area (Å²) in [5, 5.41) is 4.45. The van der Waals surface area contributed by atoms with Crippen molar-refractivity contribution >= 4 is 11.6 Å². The van der Waals surface area contributed by atoms with Crippen molar-refractivity contribution in [3.8, 4) is 5.75 Å². The average Bonchev–Trinajstić information content (AvgIpc) is 2.69. The van der Waals surface area contributed by atoms with Crippen LogP contribution in [-0.2, 0) is 9.53 Å². The second-order valence-corrected chi connectivity index (χ2v) is 7.01. The molecule has 0 aliphatic carbocycles. The molecule has 148 valence electrons. The van der Waals surface area contributed by atoms with Gasteiger partial charge in [-0.25, -0.2) is 8.78 Å². The lowest BCUT2D eigenvalue weighted by molar-refractivity contribution is -0.151. The number of rotatable bonds is 4. The number of halogens is 2. The third-order valence-corrected chi connectivity index (χ3v) is 5.00. The second-order valence-electron chi connectivity index (χ2n) is 7.01. The normalized spacial score (nSPS) is 25.2. The third kappa shape index (κ3) is 3.83. The number of fused-ring (bicyclic) bond motifs is 1. The molecule has 1 fully saturated rings. The maximum atomic E-state index is 13.9. The third-order valence-electron chi connectivity index (χ3n) is 5.00. The lowest BCUT2D eigenvalue weighted by Gasteiger charge is -2.32. The number of hydrogen-bond acceptors (Lipinski definition) is 5. The van der Waals surface area contributed by atoms with E-state index >= 15 is 0 Å². The molecular weight excluding hydrogens is 368 g/mol. The Morgan fingerprint density at radius 3 is 2.82 bits per heavy atom. The van der Waals surface area contributed by atoms with Crippen LogP contribution in [0.1, 0.15) is 19.8 Å². The van der Waals surface area contributed by atoms with E-state index in [1.807, 2.05) is 12.2 Å². The molecule has 0 saturated carbocycles. The summed E-state index contributed by atoms with van der Waals surface area (Å²) in [7, 11) is 0. The summed E-state index contributed by atoms with van der Waals surface area (Å²) in [6.45, 7) is 3.20. The maximum Gasteiger partial charge on any atom is 0.268 e. The number of carbonyl (C=O) groups is 1. The Morgan fingerprint density at radius 1 is 1.29 bits per heavy atom. The minimum atomic E-state index is -0.877. The molecule has 1 aromatic rings. The van der Waals surface area contributed by atoms with Crippen LogP contribution in [0, 0.1) is 17.6 Å². The van der Waals surface area contributed by atoms with Gasteiger partial charge in [0, 0.05) is 30.9 Å². The van der Waals surface area contributed by atoms with Gasteiger partial charge in [0.15, 0.2) is 11.6 Å². The van der Waals surface area contributed by atoms with E-state index in [9.17, 15) is 13.6 Å². The predicted octanol–water partition coefficient (Wildman–Crippen LogP) is 2.73. The Bertz CT molecular complexity index is 862. The number of ether oxygens (including phenoxy) is 1. The molecule has 6 nitrogen and oxygen atoms in total. The lowest BCUT2D eigenvalue weighted by Crippen LogP contribution is -2.45. The first kappa shape index (κ1) is 18.8. The van der Waals surface area contributed by atoms with E-state index in [1.165, 1.54) is 6.20 Å². The molecule has 8 heteroatoms. The van der Waals surface area contributed by atoms with Crippen LogP contribution in [0.4, 0.5) is 8.78 Å². The molecule has 1 saturated heterocycles. The Morgan fingerprint density at radius 2 is 2.07 bits per heavy atom. The molecule has 3 heterocycles. The Hall–Kier alpha value is -2.58. The first-order valence-electron chi connectivity index (χ1n) is 9.29. The average molecular weight is 389 g/mol. The molecule has 1 N–H and O–H groups in total. The molecule has 28 heavy (non-hydrogen) atoms. The zero-order valence-corrected chi connectivity index (χ0v) is 15.4. The summed E-state index contributed by atoms with van der Waals surface area (Å²) in [6.07, 6.45) is 6.93. The van der Waals surface area contributed by atoms with Crippen molar-refractivity contribution < 1.29 is 23.1 Å². The second kappa shape index (κ2) is 7.81. The number of hydrogen-bond donors (Lipinski definition) is 1. The van der Waals surface area contributed by atoms with Gasteiger partial charge < -0.3 is 9.57 Å². The fourth-order valence-corrected chi connectivity index (χ4v) is 3.44. The number of hydroxylamine groups is 2. The number of dihydropyridines is 1. The molecule has 1 aromatic carbocycles. The highest BCUT2D eigenvalue weighted by molar-refractivity contribution is 6.16. The van der Waals surface area contributed by atoms with Crippen molar-refractivity contribution in [1.29, 1.82) is 0 Å². The molecular formula is C20H21F2N3O3. The van der Waals surface area contributed by atoms with Crippen molar-refractivity contribution in [1.82, 2.24) is 10.4 Å². The number of aliphatic imine (C=N–C) groups is 1. The van der Waals surface area contributed by atoms with Crippen LogP contribution in [-0.4, -0.2) is 42.1 Å². The van der Waals surface area contributed by atoms with Crippen LogP contribution < -0.4 is 10.2 Å². The van der Waals surface area contributed by atoms with E-state index in [0.29, 0.717) is 17.8 Å². The van der Waals surface area contributed by atoms with E-state index in [1.54, 1.807) is 6.92 Å². The van der Waals surface area contributed by atoms with E-state index in [2.05, 4.69) is 10.3 Å². The zero-order valence-electron chi connectivity index (χ0n) is 15.4. The van der Waals surface area contributed by atoms with E-state index < -0.39 is 17.6 Å². The monoisotopic (exact) mass is 389 g/mol. The molecule has 1 amide bonds. The van der Waals surface area contributed by atoms with Crippen LogP contribution in [0.5, 0.6) is 5.75 Å². The summed E-state index contributed by atoms with van der Waals surface area (Å²) in [5.74, 6) is -2.73. The number of benzene rings is 1. The Labute approximate surface area is 161 Å². The van der Waals surface area contributed by atoms with Gasteiger partial charge in [-0.05, 0) is 38.0 Å². The van der Waals surface area contributed by atoms with Crippen molar-refractivity contribution in [3.05, 3.63) is 53.8 Å². The van der Waals surface area contributed by atoms with Gasteiger partial charge in [0.1, 0.15) is 12.0 Å². The maximum absolute atomic E-state index is 13.9. The molecule has 2 atom stereocenters. The minimum Gasteiger partial charge on any atom is -0.381 e. The van der Waals surface area contributed by atoms with E-state index in [0.717, 1.165) is 48.8 Å². The van der Waals surface area contributed by atoms with Gasteiger partial charge in [-0.1, -0.05) is 6.08 Å². The topological polar surface area (TPSA) is 63.2 Å². The van der Waals surface area contributed by atoms with Gasteiger partial charge in [-0.3, -0.25) is 15.1 Å².